The fourth-order valence-electron chi connectivity index (χ4n) is 3.21. The van der Waals surface area contributed by atoms with Gasteiger partial charge in [0.05, 0.1) is 12.0 Å². The molecule has 1 fully saturated rings. The summed E-state index contributed by atoms with van der Waals surface area (Å²) in [5.74, 6) is 0.957. The Morgan fingerprint density at radius 2 is 1.96 bits per heavy atom. The molecule has 1 unspecified atom stereocenters. The number of anilines is 1. The number of rotatable bonds is 6. The summed E-state index contributed by atoms with van der Waals surface area (Å²) in [6, 6.07) is 12.6. The number of nitrogens with one attached hydrogen (secondary N) is 1. The molecule has 0 saturated carbocycles. The van der Waals surface area contributed by atoms with Crippen molar-refractivity contribution in [2.45, 2.75) is 18.2 Å². The summed E-state index contributed by atoms with van der Waals surface area (Å²) in [6.45, 7) is 4.00. The van der Waals surface area contributed by atoms with Gasteiger partial charge in [0, 0.05) is 30.3 Å². The molecule has 0 spiro atoms. The average molecular weight is 395 g/mol. The summed E-state index contributed by atoms with van der Waals surface area (Å²) >= 11 is 5.93. The van der Waals surface area contributed by atoms with Crippen LogP contribution in [0.5, 0.6) is 5.75 Å². The molecule has 3 rings (SSSR count). The number of sulfonamides is 1. The van der Waals surface area contributed by atoms with Crippen LogP contribution in [0.1, 0.15) is 12.0 Å². The number of methoxy groups -OCH3 is 1. The van der Waals surface area contributed by atoms with Crippen LogP contribution in [0.3, 0.4) is 0 Å². The molecule has 0 aliphatic carbocycles. The standard InChI is InChI=1S/C19H23ClN2O3S/c1-14-11-18(7-8-19(14)25-2)26(23,24)21-12-15-9-10-22(13-15)17-5-3-16(20)4-6-17/h3-8,11,15,21H,9-10,12-13H2,1-2H3. The minimum absolute atomic E-state index is 0.267. The van der Waals surface area contributed by atoms with Gasteiger partial charge in [0.15, 0.2) is 0 Å². The van der Waals surface area contributed by atoms with Crippen LogP contribution in [0.4, 0.5) is 5.69 Å². The predicted octanol–water partition coefficient (Wildman–Crippen LogP) is 3.46. The zero-order valence-corrected chi connectivity index (χ0v) is 16.5. The molecule has 0 amide bonds. The van der Waals surface area contributed by atoms with E-state index < -0.39 is 10.0 Å². The fourth-order valence-corrected chi connectivity index (χ4v) is 4.54. The Hall–Kier alpha value is -1.76. The van der Waals surface area contributed by atoms with E-state index in [1.54, 1.807) is 25.3 Å². The van der Waals surface area contributed by atoms with Crippen molar-refractivity contribution in [2.24, 2.45) is 5.92 Å². The van der Waals surface area contributed by atoms with Gasteiger partial charge in [-0.05, 0) is 67.3 Å². The number of hydrogen-bond donors (Lipinski definition) is 1. The highest BCUT2D eigenvalue weighted by atomic mass is 35.5. The van der Waals surface area contributed by atoms with Gasteiger partial charge in [0.1, 0.15) is 5.75 Å². The highest BCUT2D eigenvalue weighted by Gasteiger charge is 2.25. The molecule has 1 aliphatic rings. The lowest BCUT2D eigenvalue weighted by Crippen LogP contribution is -2.31. The Labute approximate surface area is 160 Å². The molecule has 140 valence electrons. The van der Waals surface area contributed by atoms with Crippen LogP contribution >= 0.6 is 11.6 Å². The van der Waals surface area contributed by atoms with Gasteiger partial charge in [0.25, 0.3) is 0 Å². The third-order valence-corrected chi connectivity index (χ3v) is 6.39. The molecule has 5 nitrogen and oxygen atoms in total. The molecule has 1 heterocycles. The quantitative estimate of drug-likeness (QED) is 0.815. The molecule has 1 N–H and O–H groups in total. The largest absolute Gasteiger partial charge is 0.496 e. The molecule has 0 radical (unpaired) electrons. The van der Waals surface area contributed by atoms with Gasteiger partial charge in [-0.1, -0.05) is 11.6 Å². The molecule has 26 heavy (non-hydrogen) atoms. The predicted molar refractivity (Wildman–Crippen MR) is 105 cm³/mol. The van der Waals surface area contributed by atoms with Crippen LogP contribution < -0.4 is 14.4 Å². The summed E-state index contributed by atoms with van der Waals surface area (Å²) < 4.78 is 33.0. The summed E-state index contributed by atoms with van der Waals surface area (Å²) in [7, 11) is -1.95. The van der Waals surface area contributed by atoms with E-state index in [1.807, 2.05) is 31.2 Å². The smallest absolute Gasteiger partial charge is 0.240 e. The average Bonchev–Trinajstić information content (AvgIpc) is 3.10. The monoisotopic (exact) mass is 394 g/mol. The first-order valence-electron chi connectivity index (χ1n) is 8.54. The number of halogens is 1. The minimum Gasteiger partial charge on any atom is -0.496 e. The van der Waals surface area contributed by atoms with Gasteiger partial charge in [-0.25, -0.2) is 13.1 Å². The van der Waals surface area contributed by atoms with Crippen molar-refractivity contribution in [3.63, 3.8) is 0 Å². The van der Waals surface area contributed by atoms with Crippen LogP contribution in [-0.4, -0.2) is 35.2 Å². The van der Waals surface area contributed by atoms with Crippen molar-refractivity contribution in [2.75, 3.05) is 31.6 Å². The van der Waals surface area contributed by atoms with Gasteiger partial charge in [-0.15, -0.1) is 0 Å². The zero-order chi connectivity index (χ0) is 18.7. The molecule has 1 aliphatic heterocycles. The van der Waals surface area contributed by atoms with Gasteiger partial charge < -0.3 is 9.64 Å². The molecule has 0 aromatic heterocycles. The van der Waals surface area contributed by atoms with Crippen molar-refractivity contribution in [1.29, 1.82) is 0 Å². The van der Waals surface area contributed by atoms with E-state index in [9.17, 15) is 8.42 Å². The van der Waals surface area contributed by atoms with Crippen molar-refractivity contribution in [3.05, 3.63) is 53.1 Å². The van der Waals surface area contributed by atoms with Crippen LogP contribution in [0, 0.1) is 12.8 Å². The Morgan fingerprint density at radius 3 is 2.62 bits per heavy atom. The number of aryl methyl sites for hydroxylation is 1. The fraction of sp³-hybridized carbons (Fsp3) is 0.368. The second kappa shape index (κ2) is 7.86. The minimum atomic E-state index is -3.52. The Kier molecular flexibility index (Phi) is 5.75. The van der Waals surface area contributed by atoms with E-state index >= 15 is 0 Å². The van der Waals surface area contributed by atoms with Crippen molar-refractivity contribution < 1.29 is 13.2 Å². The van der Waals surface area contributed by atoms with E-state index in [0.29, 0.717) is 17.3 Å². The van der Waals surface area contributed by atoms with Gasteiger partial charge in [0.2, 0.25) is 10.0 Å². The van der Waals surface area contributed by atoms with Gasteiger partial charge >= 0.3 is 0 Å². The van der Waals surface area contributed by atoms with Crippen molar-refractivity contribution in [3.8, 4) is 5.75 Å². The lowest BCUT2D eigenvalue weighted by molar-refractivity contribution is 0.411. The maximum atomic E-state index is 12.5. The third kappa shape index (κ3) is 4.31. The summed E-state index contributed by atoms with van der Waals surface area (Å²) in [5.41, 5.74) is 1.91. The highest BCUT2D eigenvalue weighted by molar-refractivity contribution is 7.89. The Balaban J connectivity index is 1.60. The molecule has 2 aromatic rings. The van der Waals surface area contributed by atoms with E-state index in [4.69, 9.17) is 16.3 Å². The highest BCUT2D eigenvalue weighted by Crippen LogP contribution is 2.26. The van der Waals surface area contributed by atoms with Crippen LogP contribution in [0.2, 0.25) is 5.02 Å². The third-order valence-electron chi connectivity index (χ3n) is 4.72. The second-order valence-corrected chi connectivity index (χ2v) is 8.76. The van der Waals surface area contributed by atoms with Gasteiger partial charge in [-0.3, -0.25) is 0 Å². The van der Waals surface area contributed by atoms with E-state index in [2.05, 4.69) is 9.62 Å². The molecule has 0 bridgehead atoms. The van der Waals surface area contributed by atoms with Crippen LogP contribution in [0.15, 0.2) is 47.4 Å². The summed E-state index contributed by atoms with van der Waals surface area (Å²) in [6.07, 6.45) is 0.951. The maximum absolute atomic E-state index is 12.5. The normalized spacial score (nSPS) is 17.5. The number of nitrogens with zero attached hydrogens (tertiary/aromatic N) is 1. The lowest BCUT2D eigenvalue weighted by atomic mass is 10.1. The molecular formula is C19H23ClN2O3S. The first-order chi connectivity index (χ1) is 12.4. The zero-order valence-electron chi connectivity index (χ0n) is 14.9. The summed E-state index contributed by atoms with van der Waals surface area (Å²) in [5, 5.41) is 0.715. The lowest BCUT2D eigenvalue weighted by Gasteiger charge is -2.19. The SMILES string of the molecule is COc1ccc(S(=O)(=O)NCC2CCN(c3ccc(Cl)cc3)C2)cc1C. The first kappa shape index (κ1) is 19.0. The van der Waals surface area contributed by atoms with E-state index in [-0.39, 0.29) is 10.8 Å². The Bertz CT molecular complexity index is 869. The molecule has 1 saturated heterocycles. The number of hydrogen-bond acceptors (Lipinski definition) is 4. The van der Waals surface area contributed by atoms with E-state index in [0.717, 1.165) is 30.8 Å². The molecule has 1 atom stereocenters. The second-order valence-electron chi connectivity index (χ2n) is 6.56. The van der Waals surface area contributed by atoms with Crippen molar-refractivity contribution >= 4 is 27.3 Å². The van der Waals surface area contributed by atoms with Gasteiger partial charge in [-0.2, -0.15) is 0 Å². The molecular weight excluding hydrogens is 372 g/mol. The van der Waals surface area contributed by atoms with Crippen molar-refractivity contribution in [1.82, 2.24) is 4.72 Å². The Morgan fingerprint density at radius 1 is 1.23 bits per heavy atom. The molecule has 7 heteroatoms. The topological polar surface area (TPSA) is 58.6 Å². The van der Waals surface area contributed by atoms with E-state index in [1.165, 1.54) is 0 Å². The first-order valence-corrected chi connectivity index (χ1v) is 10.4. The van der Waals surface area contributed by atoms with Crippen LogP contribution in [0.25, 0.3) is 0 Å². The number of benzene rings is 2. The molecule has 2 aromatic carbocycles. The summed E-state index contributed by atoms with van der Waals surface area (Å²) in [4.78, 5) is 2.52. The maximum Gasteiger partial charge on any atom is 0.240 e. The van der Waals surface area contributed by atoms with Crippen LogP contribution in [-0.2, 0) is 10.0 Å². The number of ether oxygens (including phenoxy) is 1.